The fourth-order valence-electron chi connectivity index (χ4n) is 2.10. The Kier molecular flexibility index (Phi) is 5.44. The number of nitrogens with one attached hydrogen (secondary N) is 1. The van der Waals surface area contributed by atoms with Crippen molar-refractivity contribution >= 4 is 0 Å². The molecule has 1 aliphatic rings. The van der Waals surface area contributed by atoms with Crippen LogP contribution in [0.3, 0.4) is 0 Å². The molecular weight excluding hydrogens is 290 g/mol. The lowest BCUT2D eigenvalue weighted by Gasteiger charge is -2.16. The highest BCUT2D eigenvalue weighted by molar-refractivity contribution is 5.41. The molecule has 3 nitrogen and oxygen atoms in total. The van der Waals surface area contributed by atoms with E-state index in [4.69, 9.17) is 0 Å². The summed E-state index contributed by atoms with van der Waals surface area (Å²) in [7, 11) is 0. The van der Waals surface area contributed by atoms with Gasteiger partial charge in [-0.2, -0.15) is 17.6 Å². The van der Waals surface area contributed by atoms with E-state index in [1.54, 1.807) is 0 Å². The van der Waals surface area contributed by atoms with Crippen molar-refractivity contribution in [3.8, 4) is 11.5 Å². The number of hydrogen-bond donors (Lipinski definition) is 1. The Balaban J connectivity index is 2.06. The summed E-state index contributed by atoms with van der Waals surface area (Å²) in [6.45, 7) is -5.74. The van der Waals surface area contributed by atoms with Crippen molar-refractivity contribution in [2.75, 3.05) is 0 Å². The number of rotatable bonds is 7. The molecule has 0 heterocycles. The summed E-state index contributed by atoms with van der Waals surface area (Å²) in [5, 5.41) is 3.20. The molecule has 2 rings (SSSR count). The highest BCUT2D eigenvalue weighted by Gasteiger charge is 2.15. The van der Waals surface area contributed by atoms with Crippen molar-refractivity contribution in [1.82, 2.24) is 5.32 Å². The number of halogens is 4. The zero-order valence-corrected chi connectivity index (χ0v) is 11.1. The predicted octanol–water partition coefficient (Wildman–Crippen LogP) is 3.70. The van der Waals surface area contributed by atoms with E-state index >= 15 is 0 Å². The normalized spacial score (nSPS) is 15.1. The maximum atomic E-state index is 12.4. The van der Waals surface area contributed by atoms with E-state index in [9.17, 15) is 17.6 Å². The van der Waals surface area contributed by atoms with Crippen LogP contribution in [0.1, 0.15) is 18.4 Å². The molecule has 7 heteroatoms. The minimum Gasteiger partial charge on any atom is -0.435 e. The molecule has 1 aromatic rings. The monoisotopic (exact) mass is 305 g/mol. The first-order chi connectivity index (χ1) is 10.0. The van der Waals surface area contributed by atoms with Crippen LogP contribution in [0.5, 0.6) is 11.5 Å². The van der Waals surface area contributed by atoms with Crippen LogP contribution >= 0.6 is 0 Å². The van der Waals surface area contributed by atoms with Crippen LogP contribution in [0.25, 0.3) is 0 Å². The summed E-state index contributed by atoms with van der Waals surface area (Å²) in [5.74, 6) is -0.381. The van der Waals surface area contributed by atoms with Crippen molar-refractivity contribution in [2.45, 2.75) is 38.7 Å². The van der Waals surface area contributed by atoms with Crippen LogP contribution in [0, 0.1) is 0 Å². The molecule has 1 aliphatic carbocycles. The molecule has 21 heavy (non-hydrogen) atoms. The van der Waals surface area contributed by atoms with Crippen LogP contribution in [0.15, 0.2) is 30.4 Å². The summed E-state index contributed by atoms with van der Waals surface area (Å²) in [5.41, 5.74) is 0.462. The van der Waals surface area contributed by atoms with E-state index in [0.29, 0.717) is 12.1 Å². The number of hydrogen-bond acceptors (Lipinski definition) is 3. The van der Waals surface area contributed by atoms with E-state index in [-0.39, 0.29) is 17.5 Å². The van der Waals surface area contributed by atoms with E-state index in [0.717, 1.165) is 18.9 Å². The van der Waals surface area contributed by atoms with Crippen LogP contribution < -0.4 is 14.8 Å². The molecular formula is C14H15F4NO2. The van der Waals surface area contributed by atoms with Gasteiger partial charge < -0.3 is 14.8 Å². The summed E-state index contributed by atoms with van der Waals surface area (Å²) in [6.07, 6.45) is 5.82. The molecule has 0 radical (unpaired) electrons. The predicted molar refractivity (Wildman–Crippen MR) is 68.7 cm³/mol. The second-order valence-electron chi connectivity index (χ2n) is 4.55. The van der Waals surface area contributed by atoms with Gasteiger partial charge in [0.05, 0.1) is 0 Å². The lowest BCUT2D eigenvalue weighted by molar-refractivity contribution is -0.0547. The van der Waals surface area contributed by atoms with Gasteiger partial charge in [-0.05, 0) is 18.9 Å². The lowest BCUT2D eigenvalue weighted by Crippen LogP contribution is -2.26. The van der Waals surface area contributed by atoms with Crippen LogP contribution in [0.2, 0.25) is 0 Å². The first kappa shape index (κ1) is 15.6. The van der Waals surface area contributed by atoms with Crippen molar-refractivity contribution in [1.29, 1.82) is 0 Å². The number of alkyl halides is 4. The standard InChI is InChI=1S/C14H15F4NO2/c15-13(16)20-11-6-5-9(12(7-11)21-14(17)18)8-19-10-3-1-2-4-10/h1-2,5-7,10,13-14,19H,3-4,8H2. The number of ether oxygens (including phenoxy) is 2. The van der Waals surface area contributed by atoms with Gasteiger partial charge in [-0.1, -0.05) is 18.2 Å². The average molecular weight is 305 g/mol. The minimum absolute atomic E-state index is 0.165. The van der Waals surface area contributed by atoms with Gasteiger partial charge in [0.25, 0.3) is 0 Å². The highest BCUT2D eigenvalue weighted by Crippen LogP contribution is 2.28. The van der Waals surface area contributed by atoms with Gasteiger partial charge >= 0.3 is 13.2 Å². The largest absolute Gasteiger partial charge is 0.435 e. The molecule has 0 saturated carbocycles. The maximum absolute atomic E-state index is 12.4. The molecule has 1 N–H and O–H groups in total. The van der Waals surface area contributed by atoms with Crippen LogP contribution in [-0.2, 0) is 6.54 Å². The van der Waals surface area contributed by atoms with Crippen molar-refractivity contribution in [3.63, 3.8) is 0 Å². The Morgan fingerprint density at radius 1 is 1.05 bits per heavy atom. The van der Waals surface area contributed by atoms with E-state index in [1.165, 1.54) is 12.1 Å². The highest BCUT2D eigenvalue weighted by atomic mass is 19.3. The van der Waals surface area contributed by atoms with Gasteiger partial charge in [-0.25, -0.2) is 0 Å². The third-order valence-electron chi connectivity index (χ3n) is 3.07. The molecule has 1 aromatic carbocycles. The van der Waals surface area contributed by atoms with Crippen LogP contribution in [-0.4, -0.2) is 19.3 Å². The summed E-state index contributed by atoms with van der Waals surface area (Å²) in [4.78, 5) is 0. The van der Waals surface area contributed by atoms with Gasteiger partial charge in [-0.15, -0.1) is 0 Å². The Bertz CT molecular complexity index is 486. The zero-order valence-electron chi connectivity index (χ0n) is 11.1. The van der Waals surface area contributed by atoms with Gasteiger partial charge in [0.2, 0.25) is 0 Å². The minimum atomic E-state index is -3.03. The molecule has 0 amide bonds. The van der Waals surface area contributed by atoms with E-state index < -0.39 is 13.2 Å². The zero-order chi connectivity index (χ0) is 15.2. The summed E-state index contributed by atoms with van der Waals surface area (Å²) >= 11 is 0. The van der Waals surface area contributed by atoms with E-state index in [2.05, 4.69) is 14.8 Å². The first-order valence-electron chi connectivity index (χ1n) is 6.45. The SMILES string of the molecule is FC(F)Oc1ccc(CNC2CC=CC2)c(OC(F)F)c1. The molecule has 0 aliphatic heterocycles. The van der Waals surface area contributed by atoms with Gasteiger partial charge in [0, 0.05) is 24.2 Å². The third-order valence-corrected chi connectivity index (χ3v) is 3.07. The average Bonchev–Trinajstić information content (AvgIpc) is 2.89. The third kappa shape index (κ3) is 4.93. The maximum Gasteiger partial charge on any atom is 0.387 e. The Morgan fingerprint density at radius 3 is 2.33 bits per heavy atom. The topological polar surface area (TPSA) is 30.5 Å². The molecule has 0 fully saturated rings. The van der Waals surface area contributed by atoms with Crippen molar-refractivity contribution in [2.24, 2.45) is 0 Å². The molecule has 0 bridgehead atoms. The van der Waals surface area contributed by atoms with E-state index in [1.807, 2.05) is 12.2 Å². The fourth-order valence-corrected chi connectivity index (χ4v) is 2.10. The summed E-state index contributed by atoms with van der Waals surface area (Å²) in [6, 6.07) is 4.03. The fraction of sp³-hybridized carbons (Fsp3) is 0.429. The molecule has 0 spiro atoms. The summed E-state index contributed by atoms with van der Waals surface area (Å²) < 4.78 is 57.6. The van der Waals surface area contributed by atoms with Crippen molar-refractivity contribution in [3.05, 3.63) is 35.9 Å². The van der Waals surface area contributed by atoms with Gasteiger partial charge in [-0.3, -0.25) is 0 Å². The Morgan fingerprint density at radius 2 is 1.71 bits per heavy atom. The second kappa shape index (κ2) is 7.31. The first-order valence-corrected chi connectivity index (χ1v) is 6.45. The Labute approximate surface area is 119 Å². The quantitative estimate of drug-likeness (QED) is 0.615. The molecule has 0 saturated heterocycles. The lowest BCUT2D eigenvalue weighted by atomic mass is 10.1. The molecule has 116 valence electrons. The van der Waals surface area contributed by atoms with Crippen molar-refractivity contribution < 1.29 is 27.0 Å². The van der Waals surface area contributed by atoms with Gasteiger partial charge in [0.15, 0.2) is 0 Å². The molecule has 0 aromatic heterocycles. The molecule has 0 unspecified atom stereocenters. The number of benzene rings is 1. The smallest absolute Gasteiger partial charge is 0.387 e. The van der Waals surface area contributed by atoms with Gasteiger partial charge in [0.1, 0.15) is 11.5 Å². The second-order valence-corrected chi connectivity index (χ2v) is 4.55. The molecule has 0 atom stereocenters. The Hall–Kier alpha value is -1.76. The van der Waals surface area contributed by atoms with Crippen LogP contribution in [0.4, 0.5) is 17.6 Å².